The first-order valence-corrected chi connectivity index (χ1v) is 15.2. The molecule has 4 rings (SSSR count). The first-order valence-electron chi connectivity index (χ1n) is 12.1. The number of rotatable bonds is 11. The van der Waals surface area contributed by atoms with Crippen LogP contribution in [0.3, 0.4) is 0 Å². The molecule has 200 valence electrons. The number of nitrogens with one attached hydrogen (secondary N) is 1. The maximum absolute atomic E-state index is 13.8. The lowest BCUT2D eigenvalue weighted by Gasteiger charge is -2.25. The minimum Gasteiger partial charge on any atom is -0.432 e. The van der Waals surface area contributed by atoms with E-state index in [2.05, 4.69) is 60.9 Å². The number of hydrogen-bond donors (Lipinski definition) is 1. The van der Waals surface area contributed by atoms with Crippen molar-refractivity contribution in [2.75, 3.05) is 30.5 Å². The summed E-state index contributed by atoms with van der Waals surface area (Å²) in [5.74, 6) is -0.476. The summed E-state index contributed by atoms with van der Waals surface area (Å²) in [6.45, 7) is 7.24. The Kier molecular flexibility index (Phi) is 9.24. The van der Waals surface area contributed by atoms with Crippen LogP contribution in [0.5, 0.6) is 0 Å². The molecule has 0 radical (unpaired) electrons. The number of benzene rings is 3. The van der Waals surface area contributed by atoms with Gasteiger partial charge in [-0.2, -0.15) is 0 Å². The average Bonchev–Trinajstić information content (AvgIpc) is 3.34. The molecule has 8 nitrogen and oxygen atoms in total. The summed E-state index contributed by atoms with van der Waals surface area (Å²) in [5.41, 5.74) is 2.00. The number of halogens is 2. The number of sulfonamides is 1. The quantitative estimate of drug-likeness (QED) is 0.217. The van der Waals surface area contributed by atoms with Gasteiger partial charge in [-0.15, -0.1) is 0 Å². The summed E-state index contributed by atoms with van der Waals surface area (Å²) in [4.78, 5) is 19.3. The fourth-order valence-electron chi connectivity index (χ4n) is 3.92. The van der Waals surface area contributed by atoms with Crippen molar-refractivity contribution < 1.29 is 17.6 Å². The molecule has 1 N–H and O–H groups in total. The molecular formula is C27H28Br2N4O4S. The smallest absolute Gasteiger partial charge is 0.307 e. The van der Waals surface area contributed by atoms with Gasteiger partial charge in [0.2, 0.25) is 0 Å². The van der Waals surface area contributed by atoms with Gasteiger partial charge in [-0.1, -0.05) is 57.8 Å². The number of carbonyl (C=O) groups excluding carboxylic acids is 1. The molecule has 3 aromatic carbocycles. The highest BCUT2D eigenvalue weighted by atomic mass is 79.9. The van der Waals surface area contributed by atoms with E-state index >= 15 is 0 Å². The van der Waals surface area contributed by atoms with Crippen LogP contribution < -0.4 is 9.62 Å². The molecule has 0 saturated carbocycles. The fraction of sp³-hybridized carbons (Fsp3) is 0.259. The van der Waals surface area contributed by atoms with Crippen LogP contribution in [0.25, 0.3) is 11.1 Å². The van der Waals surface area contributed by atoms with Gasteiger partial charge in [-0.3, -0.25) is 9.10 Å². The van der Waals surface area contributed by atoms with Gasteiger partial charge < -0.3 is 14.6 Å². The fourth-order valence-corrected chi connectivity index (χ4v) is 5.89. The Hall–Kier alpha value is -2.73. The van der Waals surface area contributed by atoms with Crippen molar-refractivity contribution in [2.45, 2.75) is 25.3 Å². The number of hydrogen-bond acceptors (Lipinski definition) is 6. The van der Waals surface area contributed by atoms with Crippen LogP contribution in [0.15, 0.2) is 85.0 Å². The average molecular weight is 664 g/mol. The molecule has 0 aliphatic carbocycles. The van der Waals surface area contributed by atoms with E-state index in [1.807, 2.05) is 24.3 Å². The Morgan fingerprint density at radius 1 is 0.947 bits per heavy atom. The number of oxazole rings is 1. The largest absolute Gasteiger partial charge is 0.432 e. The molecule has 4 aromatic rings. The van der Waals surface area contributed by atoms with Gasteiger partial charge >= 0.3 is 5.91 Å². The zero-order valence-corrected chi connectivity index (χ0v) is 25.0. The van der Waals surface area contributed by atoms with Gasteiger partial charge in [0.05, 0.1) is 17.1 Å². The van der Waals surface area contributed by atoms with Gasteiger partial charge in [0.25, 0.3) is 15.9 Å². The number of likely N-dealkylation sites (N-methyl/N-ethyl adjacent to an activating group) is 1. The number of fused-ring (bicyclic) bond motifs is 1. The predicted molar refractivity (Wildman–Crippen MR) is 156 cm³/mol. The molecule has 0 aliphatic rings. The van der Waals surface area contributed by atoms with Crippen molar-refractivity contribution in [1.82, 2.24) is 15.2 Å². The van der Waals surface area contributed by atoms with E-state index in [0.29, 0.717) is 23.3 Å². The zero-order valence-electron chi connectivity index (χ0n) is 21.0. The summed E-state index contributed by atoms with van der Waals surface area (Å²) in [6, 6.07) is 18.9. The van der Waals surface area contributed by atoms with E-state index < -0.39 is 15.9 Å². The van der Waals surface area contributed by atoms with Crippen LogP contribution in [0.1, 0.15) is 30.1 Å². The minimum absolute atomic E-state index is 0.0630. The minimum atomic E-state index is -3.92. The molecule has 0 bridgehead atoms. The van der Waals surface area contributed by atoms with Crippen molar-refractivity contribution in [1.29, 1.82) is 0 Å². The van der Waals surface area contributed by atoms with Gasteiger partial charge in [0, 0.05) is 22.0 Å². The lowest BCUT2D eigenvalue weighted by Crippen LogP contribution is -2.34. The van der Waals surface area contributed by atoms with Gasteiger partial charge in [-0.05, 0) is 73.3 Å². The molecule has 0 saturated heterocycles. The van der Waals surface area contributed by atoms with E-state index in [-0.39, 0.29) is 17.3 Å². The Balaban J connectivity index is 1.65. The molecule has 0 atom stereocenters. The summed E-state index contributed by atoms with van der Waals surface area (Å²) in [7, 11) is -3.92. The maximum atomic E-state index is 13.8. The summed E-state index contributed by atoms with van der Waals surface area (Å²) >= 11 is 6.78. The van der Waals surface area contributed by atoms with Crippen LogP contribution in [0.4, 0.5) is 5.69 Å². The highest BCUT2D eigenvalue weighted by Crippen LogP contribution is 2.30. The Labute approximate surface area is 239 Å². The molecule has 11 heteroatoms. The van der Waals surface area contributed by atoms with Crippen molar-refractivity contribution in [3.05, 3.63) is 87.1 Å². The van der Waals surface area contributed by atoms with E-state index in [1.165, 1.54) is 4.31 Å². The SMILES string of the molecule is CCN(CC)CCNC(=O)c1nc2cc(N(Cc3ccc(Br)cc3)S(=O)(=O)c3ccc(Br)cc3)ccc2o1. The Bertz CT molecular complexity index is 1500. The first-order chi connectivity index (χ1) is 18.2. The standard InChI is InChI=1S/C27H28Br2N4O4S/c1-3-32(4-2)16-15-30-26(34)27-31-24-17-22(11-14-25(24)37-27)33(18-19-5-7-20(28)8-6-19)38(35,36)23-12-9-21(29)10-13-23/h5-14,17H,3-4,15-16,18H2,1-2H3,(H,30,34). The second-order valence-corrected chi connectivity index (χ2v) is 12.2. The monoisotopic (exact) mass is 662 g/mol. The van der Waals surface area contributed by atoms with E-state index in [9.17, 15) is 13.2 Å². The van der Waals surface area contributed by atoms with Crippen LogP contribution in [-0.4, -0.2) is 50.4 Å². The van der Waals surface area contributed by atoms with Crippen molar-refractivity contribution >= 4 is 64.6 Å². The molecule has 1 amide bonds. The zero-order chi connectivity index (χ0) is 27.3. The molecule has 0 fully saturated rings. The highest BCUT2D eigenvalue weighted by Gasteiger charge is 2.26. The van der Waals surface area contributed by atoms with Crippen LogP contribution >= 0.6 is 31.9 Å². The lowest BCUT2D eigenvalue weighted by molar-refractivity contribution is 0.0916. The summed E-state index contributed by atoms with van der Waals surface area (Å²) in [6.07, 6.45) is 0. The van der Waals surface area contributed by atoms with Crippen LogP contribution in [0, 0.1) is 0 Å². The first kappa shape index (κ1) is 28.3. The van der Waals surface area contributed by atoms with Gasteiger partial charge in [0.15, 0.2) is 5.58 Å². The third-order valence-electron chi connectivity index (χ3n) is 6.10. The second-order valence-electron chi connectivity index (χ2n) is 8.55. The van der Waals surface area contributed by atoms with Crippen molar-refractivity contribution in [3.8, 4) is 0 Å². The maximum Gasteiger partial charge on any atom is 0.307 e. The van der Waals surface area contributed by atoms with E-state index in [4.69, 9.17) is 4.42 Å². The lowest BCUT2D eigenvalue weighted by atomic mass is 10.2. The molecule has 1 heterocycles. The number of carbonyl (C=O) groups is 1. The third kappa shape index (κ3) is 6.63. The Morgan fingerprint density at radius 2 is 1.58 bits per heavy atom. The molecule has 0 spiro atoms. The van der Waals surface area contributed by atoms with Gasteiger partial charge in [-0.25, -0.2) is 13.4 Å². The number of aromatic nitrogens is 1. The molecule has 0 unspecified atom stereocenters. The van der Waals surface area contributed by atoms with Crippen molar-refractivity contribution in [2.24, 2.45) is 0 Å². The van der Waals surface area contributed by atoms with Gasteiger partial charge in [0.1, 0.15) is 5.52 Å². The van der Waals surface area contributed by atoms with Crippen LogP contribution in [0.2, 0.25) is 0 Å². The number of nitrogens with zero attached hydrogens (tertiary/aromatic N) is 3. The second kappa shape index (κ2) is 12.4. The summed E-state index contributed by atoms with van der Waals surface area (Å²) in [5, 5.41) is 2.83. The number of amides is 1. The predicted octanol–water partition coefficient (Wildman–Crippen LogP) is 5.82. The van der Waals surface area contributed by atoms with E-state index in [0.717, 1.165) is 34.1 Å². The van der Waals surface area contributed by atoms with Crippen LogP contribution in [-0.2, 0) is 16.6 Å². The molecule has 1 aromatic heterocycles. The van der Waals surface area contributed by atoms with E-state index in [1.54, 1.807) is 42.5 Å². The third-order valence-corrected chi connectivity index (χ3v) is 8.95. The topological polar surface area (TPSA) is 95.8 Å². The number of anilines is 1. The molecular weight excluding hydrogens is 636 g/mol. The Morgan fingerprint density at radius 3 is 2.21 bits per heavy atom. The van der Waals surface area contributed by atoms with Crippen molar-refractivity contribution in [3.63, 3.8) is 0 Å². The normalized spacial score (nSPS) is 11.7. The summed E-state index contributed by atoms with van der Waals surface area (Å²) < 4.78 is 36.2. The molecule has 38 heavy (non-hydrogen) atoms. The highest BCUT2D eigenvalue weighted by molar-refractivity contribution is 9.10. The molecule has 0 aliphatic heterocycles.